The summed E-state index contributed by atoms with van der Waals surface area (Å²) >= 11 is 11.3. The van der Waals surface area contributed by atoms with E-state index >= 15 is 0 Å². The van der Waals surface area contributed by atoms with E-state index in [9.17, 15) is 0 Å². The third kappa shape index (κ3) is 4.47. The summed E-state index contributed by atoms with van der Waals surface area (Å²) in [6.07, 6.45) is 0. The number of nitrogen functional groups attached to an aromatic ring is 1. The molecule has 1 aromatic heterocycles. The fraction of sp³-hybridized carbons (Fsp3) is 0.0435. The summed E-state index contributed by atoms with van der Waals surface area (Å²) in [6.45, 7) is 0.512. The largest absolute Gasteiger partial charge is 0.489 e. The zero-order valence-electron chi connectivity index (χ0n) is 15.4. The second-order valence-corrected chi connectivity index (χ2v) is 7.31. The van der Waals surface area contributed by atoms with Crippen LogP contribution in [0.1, 0.15) is 5.56 Å². The highest BCUT2D eigenvalue weighted by Gasteiger charge is 2.12. The summed E-state index contributed by atoms with van der Waals surface area (Å²) in [6, 6.07) is 25.1. The first-order valence-electron chi connectivity index (χ1n) is 9.03. The number of hydrogen-bond donors (Lipinski definition) is 2. The van der Waals surface area contributed by atoms with Crippen molar-refractivity contribution < 1.29 is 4.74 Å². The van der Waals surface area contributed by atoms with E-state index in [0.29, 0.717) is 27.8 Å². The van der Waals surface area contributed by atoms with Crippen LogP contribution in [0, 0.1) is 4.77 Å². The van der Waals surface area contributed by atoms with Crippen molar-refractivity contribution in [3.8, 4) is 28.3 Å². The monoisotopic (exact) mass is 419 g/mol. The molecule has 144 valence electrons. The zero-order chi connectivity index (χ0) is 20.2. The molecule has 4 nitrogen and oxygen atoms in total. The van der Waals surface area contributed by atoms with Crippen LogP contribution in [-0.2, 0) is 6.61 Å². The number of aromatic nitrogens is 2. The fourth-order valence-corrected chi connectivity index (χ4v) is 3.32. The molecule has 0 spiro atoms. The summed E-state index contributed by atoms with van der Waals surface area (Å²) in [5, 5.41) is 0.659. The predicted octanol–water partition coefficient (Wildman–Crippen LogP) is 6.29. The minimum Gasteiger partial charge on any atom is -0.489 e. The number of hydrogen-bond acceptors (Lipinski definition) is 4. The smallest absolute Gasteiger partial charge is 0.197 e. The van der Waals surface area contributed by atoms with Gasteiger partial charge in [0.2, 0.25) is 0 Å². The van der Waals surface area contributed by atoms with Crippen molar-refractivity contribution in [3.63, 3.8) is 0 Å². The molecule has 0 aliphatic heterocycles. The Balaban J connectivity index is 1.61. The standard InChI is InChI=1S/C23H18ClN3OS/c24-18-10-6-16(7-11-18)21-20(25)22(27-23(29)26-21)17-8-12-19(13-9-17)28-14-15-4-2-1-3-5-15/h1-13H,14,25H2,(H,26,27,29). The highest BCUT2D eigenvalue weighted by Crippen LogP contribution is 2.33. The Bertz CT molecular complexity index is 1170. The van der Waals surface area contributed by atoms with Gasteiger partial charge in [-0.2, -0.15) is 0 Å². The van der Waals surface area contributed by atoms with Crippen LogP contribution in [0.15, 0.2) is 78.9 Å². The molecule has 0 bridgehead atoms. The number of aromatic amines is 1. The van der Waals surface area contributed by atoms with Crippen molar-refractivity contribution in [1.82, 2.24) is 9.97 Å². The number of nitrogens with zero attached hydrogens (tertiary/aromatic N) is 1. The number of anilines is 1. The minimum absolute atomic E-state index is 0.364. The van der Waals surface area contributed by atoms with Gasteiger partial charge in [-0.3, -0.25) is 0 Å². The van der Waals surface area contributed by atoms with Crippen molar-refractivity contribution in [2.45, 2.75) is 6.61 Å². The molecule has 0 fully saturated rings. The Morgan fingerprint density at radius 1 is 0.897 bits per heavy atom. The molecule has 6 heteroatoms. The van der Waals surface area contributed by atoms with Crippen LogP contribution in [0.4, 0.5) is 5.69 Å². The van der Waals surface area contributed by atoms with Gasteiger partial charge >= 0.3 is 0 Å². The lowest BCUT2D eigenvalue weighted by Gasteiger charge is -2.12. The first-order valence-corrected chi connectivity index (χ1v) is 9.81. The molecule has 0 amide bonds. The third-order valence-electron chi connectivity index (χ3n) is 4.48. The van der Waals surface area contributed by atoms with E-state index in [2.05, 4.69) is 9.97 Å². The SMILES string of the molecule is Nc1c(-c2ccc(OCc3ccccc3)cc2)nc(=S)[nH]c1-c1ccc(Cl)cc1. The van der Waals surface area contributed by atoms with Gasteiger partial charge in [-0.15, -0.1) is 0 Å². The molecule has 3 aromatic carbocycles. The Morgan fingerprint density at radius 3 is 2.24 bits per heavy atom. The van der Waals surface area contributed by atoms with Gasteiger partial charge in [-0.25, -0.2) is 4.98 Å². The summed E-state index contributed by atoms with van der Waals surface area (Å²) < 4.78 is 6.21. The van der Waals surface area contributed by atoms with Gasteiger partial charge in [0.25, 0.3) is 0 Å². The van der Waals surface area contributed by atoms with Crippen molar-refractivity contribution in [2.75, 3.05) is 5.73 Å². The first kappa shape index (κ1) is 19.2. The number of nitrogens with one attached hydrogen (secondary N) is 1. The van der Waals surface area contributed by atoms with Gasteiger partial charge < -0.3 is 15.5 Å². The second kappa shape index (κ2) is 8.47. The lowest BCUT2D eigenvalue weighted by atomic mass is 10.1. The maximum absolute atomic E-state index is 6.42. The van der Waals surface area contributed by atoms with E-state index in [-0.39, 0.29) is 0 Å². The van der Waals surface area contributed by atoms with Gasteiger partial charge in [0.05, 0.1) is 17.1 Å². The van der Waals surface area contributed by atoms with Crippen LogP contribution in [0.25, 0.3) is 22.5 Å². The summed E-state index contributed by atoms with van der Waals surface area (Å²) in [5.41, 5.74) is 11.2. The van der Waals surface area contributed by atoms with Crippen LogP contribution in [0.5, 0.6) is 5.75 Å². The summed E-state index contributed by atoms with van der Waals surface area (Å²) in [5.74, 6) is 0.773. The molecule has 0 aliphatic rings. The van der Waals surface area contributed by atoms with E-state index in [1.807, 2.05) is 78.9 Å². The first-order chi connectivity index (χ1) is 14.1. The molecular formula is C23H18ClN3OS. The number of benzene rings is 3. The number of rotatable bonds is 5. The number of ether oxygens (including phenoxy) is 1. The molecule has 1 heterocycles. The average Bonchev–Trinajstić information content (AvgIpc) is 2.75. The molecule has 0 aliphatic carbocycles. The number of H-pyrrole nitrogens is 1. The van der Waals surface area contributed by atoms with Gasteiger partial charge in [0.1, 0.15) is 12.4 Å². The molecule has 0 radical (unpaired) electrons. The van der Waals surface area contributed by atoms with E-state index < -0.39 is 0 Å². The van der Waals surface area contributed by atoms with Crippen molar-refractivity contribution in [3.05, 3.63) is 94.2 Å². The Labute approximate surface area is 179 Å². The molecule has 0 saturated heterocycles. The summed E-state index contributed by atoms with van der Waals surface area (Å²) in [4.78, 5) is 7.52. The van der Waals surface area contributed by atoms with Gasteiger partial charge in [0.15, 0.2) is 4.77 Å². The number of nitrogens with two attached hydrogens (primary N) is 1. The Kier molecular flexibility index (Phi) is 5.60. The van der Waals surface area contributed by atoms with Crippen LogP contribution in [0.2, 0.25) is 5.02 Å². The lowest BCUT2D eigenvalue weighted by Crippen LogP contribution is -2.01. The van der Waals surface area contributed by atoms with E-state index in [0.717, 1.165) is 28.1 Å². The van der Waals surface area contributed by atoms with Gasteiger partial charge in [-0.1, -0.05) is 54.1 Å². The molecular weight excluding hydrogens is 402 g/mol. The summed E-state index contributed by atoms with van der Waals surface area (Å²) in [7, 11) is 0. The van der Waals surface area contributed by atoms with Gasteiger partial charge in [-0.05, 0) is 54.2 Å². The van der Waals surface area contributed by atoms with E-state index in [1.165, 1.54) is 0 Å². The molecule has 0 atom stereocenters. The highest BCUT2D eigenvalue weighted by atomic mass is 35.5. The van der Waals surface area contributed by atoms with Crippen molar-refractivity contribution in [2.24, 2.45) is 0 Å². The highest BCUT2D eigenvalue weighted by molar-refractivity contribution is 7.71. The van der Waals surface area contributed by atoms with Crippen LogP contribution >= 0.6 is 23.8 Å². The van der Waals surface area contributed by atoms with Crippen molar-refractivity contribution in [1.29, 1.82) is 0 Å². The molecule has 4 rings (SSSR count). The van der Waals surface area contributed by atoms with Crippen LogP contribution < -0.4 is 10.5 Å². The maximum Gasteiger partial charge on any atom is 0.197 e. The topological polar surface area (TPSA) is 63.9 Å². The Morgan fingerprint density at radius 2 is 1.55 bits per heavy atom. The van der Waals surface area contributed by atoms with Gasteiger partial charge in [0, 0.05) is 16.1 Å². The van der Waals surface area contributed by atoms with Crippen LogP contribution in [0.3, 0.4) is 0 Å². The minimum atomic E-state index is 0.364. The Hall–Kier alpha value is -3.15. The molecule has 0 unspecified atom stereocenters. The second-order valence-electron chi connectivity index (χ2n) is 6.48. The van der Waals surface area contributed by atoms with E-state index in [1.54, 1.807) is 0 Å². The molecule has 29 heavy (non-hydrogen) atoms. The fourth-order valence-electron chi connectivity index (χ4n) is 3.00. The zero-order valence-corrected chi connectivity index (χ0v) is 17.0. The average molecular weight is 420 g/mol. The lowest BCUT2D eigenvalue weighted by molar-refractivity contribution is 0.306. The molecule has 3 N–H and O–H groups in total. The van der Waals surface area contributed by atoms with E-state index in [4.69, 9.17) is 34.3 Å². The predicted molar refractivity (Wildman–Crippen MR) is 120 cm³/mol. The molecule has 4 aromatic rings. The number of halogens is 1. The maximum atomic E-state index is 6.42. The third-order valence-corrected chi connectivity index (χ3v) is 4.92. The van der Waals surface area contributed by atoms with Crippen LogP contribution in [-0.4, -0.2) is 9.97 Å². The quantitative estimate of drug-likeness (QED) is 0.373. The van der Waals surface area contributed by atoms with Crippen molar-refractivity contribution >= 4 is 29.5 Å². The molecule has 0 saturated carbocycles. The normalized spacial score (nSPS) is 10.7.